The summed E-state index contributed by atoms with van der Waals surface area (Å²) in [6.07, 6.45) is 1.73. The van der Waals surface area contributed by atoms with E-state index in [4.69, 9.17) is 0 Å². The average molecular weight is 272 g/mol. The lowest BCUT2D eigenvalue weighted by Gasteiger charge is -2.44. The monoisotopic (exact) mass is 272 g/mol. The van der Waals surface area contributed by atoms with Gasteiger partial charge in [-0.1, -0.05) is 30.3 Å². The molecule has 2 atom stereocenters. The van der Waals surface area contributed by atoms with Crippen molar-refractivity contribution in [3.05, 3.63) is 35.9 Å². The molecule has 4 heteroatoms. The maximum Gasteiger partial charge on any atom is 0.250 e. The van der Waals surface area contributed by atoms with Gasteiger partial charge in [0.15, 0.2) is 0 Å². The third-order valence-corrected chi connectivity index (χ3v) is 4.26. The Morgan fingerprint density at radius 3 is 2.45 bits per heavy atom. The lowest BCUT2D eigenvalue weighted by Crippen LogP contribution is -2.60. The van der Waals surface area contributed by atoms with Gasteiger partial charge in [-0.2, -0.15) is 0 Å². The molecule has 0 aromatic heterocycles. The van der Waals surface area contributed by atoms with E-state index in [9.17, 15) is 9.59 Å². The molecule has 4 nitrogen and oxygen atoms in total. The molecule has 106 valence electrons. The van der Waals surface area contributed by atoms with E-state index in [0.717, 1.165) is 18.4 Å². The first-order valence-electron chi connectivity index (χ1n) is 7.29. The maximum atomic E-state index is 12.8. The van der Waals surface area contributed by atoms with Gasteiger partial charge in [0, 0.05) is 12.6 Å². The maximum absolute atomic E-state index is 12.8. The molecule has 0 N–H and O–H groups in total. The number of fused-ring (bicyclic) bond motifs is 1. The summed E-state index contributed by atoms with van der Waals surface area (Å²) in [4.78, 5) is 29.1. The van der Waals surface area contributed by atoms with Gasteiger partial charge < -0.3 is 9.80 Å². The van der Waals surface area contributed by atoms with Crippen molar-refractivity contribution in [2.45, 2.75) is 44.8 Å². The van der Waals surface area contributed by atoms with Gasteiger partial charge in [0.2, 0.25) is 5.91 Å². The molecule has 2 amide bonds. The van der Waals surface area contributed by atoms with Crippen molar-refractivity contribution in [2.75, 3.05) is 6.54 Å². The summed E-state index contributed by atoms with van der Waals surface area (Å²) in [6.45, 7) is 4.67. The van der Waals surface area contributed by atoms with Gasteiger partial charge in [0.1, 0.15) is 12.1 Å². The van der Waals surface area contributed by atoms with Gasteiger partial charge in [-0.25, -0.2) is 0 Å². The second-order valence-electron chi connectivity index (χ2n) is 5.84. The summed E-state index contributed by atoms with van der Waals surface area (Å²) in [5, 5.41) is 0. The first-order chi connectivity index (χ1) is 9.61. The van der Waals surface area contributed by atoms with E-state index >= 15 is 0 Å². The van der Waals surface area contributed by atoms with Crippen LogP contribution in [-0.4, -0.2) is 40.2 Å². The van der Waals surface area contributed by atoms with E-state index in [1.54, 1.807) is 9.80 Å². The number of hydrogen-bond acceptors (Lipinski definition) is 2. The number of amides is 2. The van der Waals surface area contributed by atoms with Crippen LogP contribution in [0.4, 0.5) is 0 Å². The predicted molar refractivity (Wildman–Crippen MR) is 75.9 cm³/mol. The molecule has 0 aliphatic carbocycles. The lowest BCUT2D eigenvalue weighted by atomic mass is 9.97. The number of hydrogen-bond donors (Lipinski definition) is 0. The van der Waals surface area contributed by atoms with E-state index in [1.807, 2.05) is 44.2 Å². The van der Waals surface area contributed by atoms with E-state index < -0.39 is 6.04 Å². The normalized spacial score (nSPS) is 26.4. The zero-order chi connectivity index (χ0) is 14.3. The highest BCUT2D eigenvalue weighted by Gasteiger charge is 2.48. The lowest BCUT2D eigenvalue weighted by molar-refractivity contribution is -0.161. The van der Waals surface area contributed by atoms with Gasteiger partial charge >= 0.3 is 0 Å². The Balaban J connectivity index is 2.04. The molecule has 0 bridgehead atoms. The first-order valence-corrected chi connectivity index (χ1v) is 7.29. The summed E-state index contributed by atoms with van der Waals surface area (Å²) in [5.74, 6) is 0.179. The summed E-state index contributed by atoms with van der Waals surface area (Å²) in [5.41, 5.74) is 0.907. The summed E-state index contributed by atoms with van der Waals surface area (Å²) < 4.78 is 0. The van der Waals surface area contributed by atoms with Crippen LogP contribution < -0.4 is 0 Å². The average Bonchev–Trinajstić information content (AvgIpc) is 2.93. The van der Waals surface area contributed by atoms with Gasteiger partial charge in [0.25, 0.3) is 5.91 Å². The highest BCUT2D eigenvalue weighted by molar-refractivity contribution is 5.98. The minimum atomic E-state index is -0.460. The molecule has 2 heterocycles. The minimum absolute atomic E-state index is 0.0272. The summed E-state index contributed by atoms with van der Waals surface area (Å²) >= 11 is 0. The molecule has 0 radical (unpaired) electrons. The number of piperazine rings is 1. The van der Waals surface area contributed by atoms with Crippen molar-refractivity contribution in [1.29, 1.82) is 0 Å². The fourth-order valence-corrected chi connectivity index (χ4v) is 3.35. The van der Waals surface area contributed by atoms with Crippen molar-refractivity contribution in [1.82, 2.24) is 9.80 Å². The van der Waals surface area contributed by atoms with Crippen LogP contribution in [0.3, 0.4) is 0 Å². The number of rotatable bonds is 2. The number of nitrogens with zero attached hydrogens (tertiary/aromatic N) is 2. The molecule has 1 aromatic rings. The van der Waals surface area contributed by atoms with Crippen LogP contribution in [0.1, 0.15) is 38.3 Å². The minimum Gasteiger partial charge on any atom is -0.329 e. The topological polar surface area (TPSA) is 40.6 Å². The molecule has 2 aliphatic heterocycles. The summed E-state index contributed by atoms with van der Waals surface area (Å²) in [7, 11) is 0. The van der Waals surface area contributed by atoms with Crippen LogP contribution in [0.25, 0.3) is 0 Å². The van der Waals surface area contributed by atoms with Gasteiger partial charge in [-0.3, -0.25) is 9.59 Å². The van der Waals surface area contributed by atoms with Crippen molar-refractivity contribution in [3.63, 3.8) is 0 Å². The standard InChI is InChI=1S/C16H20N2O2/c1-11(2)18-14(12-7-4-3-5-8-12)16(20)17-10-6-9-13(17)15(18)19/h3-5,7-8,11,13-14H,6,9-10H2,1-2H3. The van der Waals surface area contributed by atoms with E-state index in [2.05, 4.69) is 0 Å². The quantitative estimate of drug-likeness (QED) is 0.826. The van der Waals surface area contributed by atoms with E-state index in [0.29, 0.717) is 6.54 Å². The second kappa shape index (κ2) is 4.93. The van der Waals surface area contributed by atoms with Crippen molar-refractivity contribution < 1.29 is 9.59 Å². The van der Waals surface area contributed by atoms with Crippen molar-refractivity contribution in [2.24, 2.45) is 0 Å². The second-order valence-corrected chi connectivity index (χ2v) is 5.84. The first kappa shape index (κ1) is 13.2. The van der Waals surface area contributed by atoms with Crippen LogP contribution >= 0.6 is 0 Å². The molecule has 1 aromatic carbocycles. The molecule has 2 unspecified atom stereocenters. The molecule has 2 saturated heterocycles. The Morgan fingerprint density at radius 2 is 1.80 bits per heavy atom. The Kier molecular flexibility index (Phi) is 3.24. The fraction of sp³-hybridized carbons (Fsp3) is 0.500. The van der Waals surface area contributed by atoms with Crippen LogP contribution in [0.5, 0.6) is 0 Å². The largest absolute Gasteiger partial charge is 0.329 e. The zero-order valence-electron chi connectivity index (χ0n) is 12.0. The Hall–Kier alpha value is -1.84. The Bertz CT molecular complexity index is 527. The Labute approximate surface area is 119 Å². The SMILES string of the molecule is CC(C)N1C(=O)C2CCCN2C(=O)C1c1ccccc1. The van der Waals surface area contributed by atoms with Crippen molar-refractivity contribution >= 4 is 11.8 Å². The Morgan fingerprint density at radius 1 is 1.10 bits per heavy atom. The highest BCUT2D eigenvalue weighted by Crippen LogP contribution is 2.35. The van der Waals surface area contributed by atoms with E-state index in [-0.39, 0.29) is 23.9 Å². The smallest absolute Gasteiger partial charge is 0.250 e. The number of carbonyl (C=O) groups is 2. The molecular formula is C16H20N2O2. The molecule has 2 fully saturated rings. The summed E-state index contributed by atoms with van der Waals surface area (Å²) in [6, 6.07) is 8.96. The van der Waals surface area contributed by atoms with Crippen LogP contribution in [0.2, 0.25) is 0 Å². The third kappa shape index (κ3) is 1.90. The third-order valence-electron chi connectivity index (χ3n) is 4.26. The highest BCUT2D eigenvalue weighted by atomic mass is 16.2. The number of benzene rings is 1. The number of carbonyl (C=O) groups excluding carboxylic acids is 2. The molecule has 0 saturated carbocycles. The van der Waals surface area contributed by atoms with Gasteiger partial charge in [-0.15, -0.1) is 0 Å². The van der Waals surface area contributed by atoms with E-state index in [1.165, 1.54) is 0 Å². The fourth-order valence-electron chi connectivity index (χ4n) is 3.35. The van der Waals surface area contributed by atoms with Crippen LogP contribution in [0.15, 0.2) is 30.3 Å². The zero-order valence-corrected chi connectivity index (χ0v) is 12.0. The molecule has 3 rings (SSSR count). The van der Waals surface area contributed by atoms with Gasteiger partial charge in [0.05, 0.1) is 0 Å². The van der Waals surface area contributed by atoms with Crippen LogP contribution in [0, 0.1) is 0 Å². The molecule has 0 spiro atoms. The molecule has 2 aliphatic rings. The van der Waals surface area contributed by atoms with Crippen LogP contribution in [-0.2, 0) is 9.59 Å². The molecule has 20 heavy (non-hydrogen) atoms. The van der Waals surface area contributed by atoms with Crippen molar-refractivity contribution in [3.8, 4) is 0 Å². The molecular weight excluding hydrogens is 252 g/mol. The van der Waals surface area contributed by atoms with Gasteiger partial charge in [-0.05, 0) is 32.3 Å². The predicted octanol–water partition coefficient (Wildman–Crippen LogP) is 1.97.